The van der Waals surface area contributed by atoms with Gasteiger partial charge in [0.2, 0.25) is 5.91 Å². The predicted molar refractivity (Wildman–Crippen MR) is 106 cm³/mol. The van der Waals surface area contributed by atoms with E-state index >= 15 is 0 Å². The summed E-state index contributed by atoms with van der Waals surface area (Å²) in [6.07, 6.45) is 3.26. The molecular formula is C20H29N3O5. The summed E-state index contributed by atoms with van der Waals surface area (Å²) in [4.78, 5) is 27.8. The fourth-order valence-electron chi connectivity index (χ4n) is 2.76. The molecule has 0 radical (unpaired) electrons. The third kappa shape index (κ3) is 6.86. The predicted octanol–water partition coefficient (Wildman–Crippen LogP) is 1.73. The van der Waals surface area contributed by atoms with Gasteiger partial charge in [-0.1, -0.05) is 31.5 Å². The molecule has 0 spiro atoms. The van der Waals surface area contributed by atoms with Crippen LogP contribution in [0, 0.1) is 0 Å². The molecule has 4 N–H and O–H groups in total. The standard InChI is InChI=1S/C20H29N3O5/c1-2-3-10-28-20(26)23-18(19(25)21-8-11-27-12-9-24)13-15-14-22-17-7-5-4-6-16(15)17/h4-7,14,18,22,24H,2-3,8-13H2,1H3,(H,21,25)(H,23,26). The van der Waals surface area contributed by atoms with E-state index in [9.17, 15) is 9.59 Å². The number of rotatable bonds is 12. The highest BCUT2D eigenvalue weighted by Gasteiger charge is 2.23. The van der Waals surface area contributed by atoms with Gasteiger partial charge in [0.25, 0.3) is 0 Å². The number of H-pyrrole nitrogens is 1. The van der Waals surface area contributed by atoms with Crippen molar-refractivity contribution in [3.05, 3.63) is 36.0 Å². The number of carbonyl (C=O) groups excluding carboxylic acids is 2. The molecule has 154 valence electrons. The first-order chi connectivity index (χ1) is 13.7. The number of para-hydroxylation sites is 1. The molecule has 1 atom stereocenters. The van der Waals surface area contributed by atoms with Crippen LogP contribution >= 0.6 is 0 Å². The molecule has 8 nitrogen and oxygen atoms in total. The maximum absolute atomic E-state index is 12.6. The lowest BCUT2D eigenvalue weighted by Gasteiger charge is -2.18. The van der Waals surface area contributed by atoms with Crippen molar-refractivity contribution in [3.63, 3.8) is 0 Å². The Morgan fingerprint density at radius 3 is 2.82 bits per heavy atom. The Labute approximate surface area is 164 Å². The van der Waals surface area contributed by atoms with Crippen molar-refractivity contribution in [2.75, 3.05) is 33.0 Å². The van der Waals surface area contributed by atoms with E-state index < -0.39 is 12.1 Å². The van der Waals surface area contributed by atoms with Crippen LogP contribution in [-0.2, 0) is 20.7 Å². The van der Waals surface area contributed by atoms with Gasteiger partial charge in [-0.2, -0.15) is 0 Å². The van der Waals surface area contributed by atoms with Gasteiger partial charge in [0.1, 0.15) is 6.04 Å². The molecule has 1 unspecified atom stereocenters. The van der Waals surface area contributed by atoms with Crippen LogP contribution in [0.4, 0.5) is 4.79 Å². The summed E-state index contributed by atoms with van der Waals surface area (Å²) in [5, 5.41) is 15.1. The average molecular weight is 391 g/mol. The van der Waals surface area contributed by atoms with Gasteiger partial charge in [-0.25, -0.2) is 4.79 Å². The highest BCUT2D eigenvalue weighted by molar-refractivity contribution is 5.88. The number of alkyl carbamates (subject to hydrolysis) is 1. The lowest BCUT2D eigenvalue weighted by molar-refractivity contribution is -0.123. The largest absolute Gasteiger partial charge is 0.450 e. The Morgan fingerprint density at radius 1 is 1.21 bits per heavy atom. The highest BCUT2D eigenvalue weighted by atomic mass is 16.5. The monoisotopic (exact) mass is 391 g/mol. The van der Waals surface area contributed by atoms with Gasteiger partial charge < -0.3 is 30.2 Å². The molecule has 2 amide bonds. The molecule has 1 aromatic heterocycles. The first-order valence-electron chi connectivity index (χ1n) is 9.60. The number of amides is 2. The Morgan fingerprint density at radius 2 is 2.04 bits per heavy atom. The number of ether oxygens (including phenoxy) is 2. The van der Waals surface area contributed by atoms with Crippen LogP contribution in [0.3, 0.4) is 0 Å². The van der Waals surface area contributed by atoms with Crippen molar-refractivity contribution in [1.29, 1.82) is 0 Å². The maximum atomic E-state index is 12.6. The molecule has 0 saturated heterocycles. The zero-order chi connectivity index (χ0) is 20.2. The average Bonchev–Trinajstić information content (AvgIpc) is 3.10. The van der Waals surface area contributed by atoms with E-state index in [2.05, 4.69) is 15.6 Å². The molecule has 2 rings (SSSR count). The van der Waals surface area contributed by atoms with E-state index in [4.69, 9.17) is 14.6 Å². The molecular weight excluding hydrogens is 362 g/mol. The Balaban J connectivity index is 2.00. The summed E-state index contributed by atoms with van der Waals surface area (Å²) in [6.45, 7) is 3.05. The zero-order valence-corrected chi connectivity index (χ0v) is 16.2. The number of aliphatic hydroxyl groups excluding tert-OH is 1. The molecule has 8 heteroatoms. The Hall–Kier alpha value is -2.58. The Bertz CT molecular complexity index is 746. The normalized spacial score (nSPS) is 11.9. The number of nitrogens with one attached hydrogen (secondary N) is 3. The first-order valence-corrected chi connectivity index (χ1v) is 9.60. The minimum atomic E-state index is -0.772. The molecule has 28 heavy (non-hydrogen) atoms. The van der Waals surface area contributed by atoms with Gasteiger partial charge in [-0.3, -0.25) is 4.79 Å². The second kappa shape index (κ2) is 12.0. The second-order valence-electron chi connectivity index (χ2n) is 6.38. The summed E-state index contributed by atoms with van der Waals surface area (Å²) < 4.78 is 10.3. The Kier molecular flexibility index (Phi) is 9.30. The van der Waals surface area contributed by atoms with Crippen LogP contribution in [0.1, 0.15) is 25.3 Å². The van der Waals surface area contributed by atoms with Crippen molar-refractivity contribution in [2.45, 2.75) is 32.2 Å². The lowest BCUT2D eigenvalue weighted by atomic mass is 10.0. The molecule has 2 aromatic rings. The van der Waals surface area contributed by atoms with Crippen LogP contribution in [0.15, 0.2) is 30.5 Å². The second-order valence-corrected chi connectivity index (χ2v) is 6.38. The van der Waals surface area contributed by atoms with E-state index in [0.717, 1.165) is 29.3 Å². The van der Waals surface area contributed by atoms with Gasteiger partial charge in [0.15, 0.2) is 0 Å². The lowest BCUT2D eigenvalue weighted by Crippen LogP contribution is -2.48. The van der Waals surface area contributed by atoms with E-state index in [0.29, 0.717) is 13.0 Å². The summed E-state index contributed by atoms with van der Waals surface area (Å²) in [7, 11) is 0. The van der Waals surface area contributed by atoms with E-state index in [1.165, 1.54) is 0 Å². The van der Waals surface area contributed by atoms with Crippen LogP contribution < -0.4 is 10.6 Å². The maximum Gasteiger partial charge on any atom is 0.407 e. The quantitative estimate of drug-likeness (QED) is 0.412. The summed E-state index contributed by atoms with van der Waals surface area (Å²) >= 11 is 0. The van der Waals surface area contributed by atoms with Gasteiger partial charge in [-0.05, 0) is 18.1 Å². The van der Waals surface area contributed by atoms with Crippen molar-refractivity contribution >= 4 is 22.9 Å². The van der Waals surface area contributed by atoms with Crippen molar-refractivity contribution in [2.24, 2.45) is 0 Å². The summed E-state index contributed by atoms with van der Waals surface area (Å²) in [5.74, 6) is -0.315. The number of aliphatic hydroxyl groups is 1. The topological polar surface area (TPSA) is 113 Å². The van der Waals surface area contributed by atoms with Gasteiger partial charge in [-0.15, -0.1) is 0 Å². The summed E-state index contributed by atoms with van der Waals surface area (Å²) in [5.41, 5.74) is 1.90. The zero-order valence-electron chi connectivity index (χ0n) is 16.2. The molecule has 0 bridgehead atoms. The van der Waals surface area contributed by atoms with Crippen molar-refractivity contribution in [1.82, 2.24) is 15.6 Å². The number of fused-ring (bicyclic) bond motifs is 1. The van der Waals surface area contributed by atoms with E-state index in [-0.39, 0.29) is 32.3 Å². The van der Waals surface area contributed by atoms with Crippen molar-refractivity contribution in [3.8, 4) is 0 Å². The first kappa shape index (κ1) is 21.7. The fourth-order valence-corrected chi connectivity index (χ4v) is 2.76. The number of unbranched alkanes of at least 4 members (excludes halogenated alkanes) is 1. The molecule has 0 aliphatic rings. The number of aromatic nitrogens is 1. The molecule has 0 saturated carbocycles. The SMILES string of the molecule is CCCCOC(=O)NC(Cc1c[nH]c2ccccc12)C(=O)NCCOCCO. The van der Waals surface area contributed by atoms with E-state index in [1.807, 2.05) is 37.4 Å². The van der Waals surface area contributed by atoms with Crippen LogP contribution in [0.2, 0.25) is 0 Å². The minimum Gasteiger partial charge on any atom is -0.450 e. The number of aromatic amines is 1. The van der Waals surface area contributed by atoms with Gasteiger partial charge in [0.05, 0.1) is 26.4 Å². The smallest absolute Gasteiger partial charge is 0.407 e. The van der Waals surface area contributed by atoms with Crippen molar-refractivity contribution < 1.29 is 24.2 Å². The third-order valence-electron chi connectivity index (χ3n) is 4.22. The number of carbonyl (C=O) groups is 2. The number of hydrogen-bond acceptors (Lipinski definition) is 5. The van der Waals surface area contributed by atoms with Crippen LogP contribution in [0.5, 0.6) is 0 Å². The summed E-state index contributed by atoms with van der Waals surface area (Å²) in [6, 6.07) is 7.02. The molecule has 1 heterocycles. The van der Waals surface area contributed by atoms with Gasteiger partial charge >= 0.3 is 6.09 Å². The highest BCUT2D eigenvalue weighted by Crippen LogP contribution is 2.19. The molecule has 0 aliphatic heterocycles. The van der Waals surface area contributed by atoms with Gasteiger partial charge in [0, 0.05) is 30.1 Å². The minimum absolute atomic E-state index is 0.0672. The van der Waals surface area contributed by atoms with Crippen LogP contribution in [-0.4, -0.2) is 61.1 Å². The molecule has 1 aromatic carbocycles. The van der Waals surface area contributed by atoms with Crippen LogP contribution in [0.25, 0.3) is 10.9 Å². The molecule has 0 aliphatic carbocycles. The number of benzene rings is 1. The fraction of sp³-hybridized carbons (Fsp3) is 0.500. The third-order valence-corrected chi connectivity index (χ3v) is 4.22. The molecule has 0 fully saturated rings. The number of hydrogen-bond donors (Lipinski definition) is 4. The van der Waals surface area contributed by atoms with E-state index in [1.54, 1.807) is 0 Å².